The Balaban J connectivity index is 1.76. The van der Waals surface area contributed by atoms with Crippen LogP contribution < -0.4 is 5.32 Å². The highest BCUT2D eigenvalue weighted by molar-refractivity contribution is 5.54. The molecule has 0 radical (unpaired) electrons. The van der Waals surface area contributed by atoms with Crippen molar-refractivity contribution in [2.45, 2.75) is 25.4 Å². The van der Waals surface area contributed by atoms with Crippen molar-refractivity contribution in [3.8, 4) is 11.4 Å². The van der Waals surface area contributed by atoms with E-state index in [-0.39, 0.29) is 0 Å². The van der Waals surface area contributed by atoms with Gasteiger partial charge in [0, 0.05) is 11.6 Å². The molecule has 0 spiro atoms. The van der Waals surface area contributed by atoms with Crippen LogP contribution in [0.15, 0.2) is 18.2 Å². The molecule has 0 atom stereocenters. The Kier molecular flexibility index (Phi) is 2.79. The molecule has 1 fully saturated rings. The maximum atomic E-state index is 13.1. The molecule has 4 nitrogen and oxygen atoms in total. The van der Waals surface area contributed by atoms with E-state index in [4.69, 9.17) is 0 Å². The zero-order valence-corrected chi connectivity index (χ0v) is 9.58. The number of nitrogens with zero attached hydrogens (tertiary/aromatic N) is 2. The predicted octanol–water partition coefficient (Wildman–Crippen LogP) is 2.00. The fourth-order valence-electron chi connectivity index (χ4n) is 1.67. The summed E-state index contributed by atoms with van der Waals surface area (Å²) in [5.41, 5.74) is 0.461. The summed E-state index contributed by atoms with van der Waals surface area (Å²) in [5.74, 6) is -0.692. The molecule has 1 aliphatic rings. The Hall–Kier alpha value is -1.82. The average Bonchev–Trinajstić information content (AvgIpc) is 3.08. The minimum Gasteiger partial charge on any atom is -0.307 e. The van der Waals surface area contributed by atoms with Crippen LogP contribution in [-0.4, -0.2) is 21.2 Å². The van der Waals surface area contributed by atoms with E-state index in [1.807, 2.05) is 0 Å². The van der Waals surface area contributed by atoms with Crippen LogP contribution in [0.3, 0.4) is 0 Å². The number of hydrogen-bond acceptors (Lipinski definition) is 3. The number of H-pyrrole nitrogens is 1. The minimum absolute atomic E-state index is 0.376. The van der Waals surface area contributed by atoms with E-state index >= 15 is 0 Å². The SMILES string of the molecule is Fc1ccc(-c2n[nH]c(CNC3CC3)n2)cc1F. The molecule has 1 aliphatic carbocycles. The van der Waals surface area contributed by atoms with Gasteiger partial charge in [-0.25, -0.2) is 13.8 Å². The van der Waals surface area contributed by atoms with Crippen LogP contribution in [0.25, 0.3) is 11.4 Å². The normalized spacial score (nSPS) is 15.0. The lowest BCUT2D eigenvalue weighted by molar-refractivity contribution is 0.509. The van der Waals surface area contributed by atoms with Crippen LogP contribution in [0.4, 0.5) is 8.78 Å². The van der Waals surface area contributed by atoms with E-state index in [9.17, 15) is 8.78 Å². The third-order valence-corrected chi connectivity index (χ3v) is 2.85. The van der Waals surface area contributed by atoms with Gasteiger partial charge >= 0.3 is 0 Å². The molecule has 1 aromatic heterocycles. The molecule has 1 saturated carbocycles. The molecule has 2 aromatic rings. The summed E-state index contributed by atoms with van der Waals surface area (Å²) < 4.78 is 25.9. The van der Waals surface area contributed by atoms with E-state index in [1.165, 1.54) is 18.9 Å². The van der Waals surface area contributed by atoms with Crippen molar-refractivity contribution in [2.24, 2.45) is 0 Å². The number of aromatic amines is 1. The zero-order chi connectivity index (χ0) is 12.5. The first-order chi connectivity index (χ1) is 8.72. The Morgan fingerprint density at radius 2 is 2.11 bits per heavy atom. The largest absolute Gasteiger partial charge is 0.307 e. The molecule has 1 aromatic carbocycles. The van der Waals surface area contributed by atoms with Crippen LogP contribution in [0.5, 0.6) is 0 Å². The van der Waals surface area contributed by atoms with Gasteiger partial charge in [-0.2, -0.15) is 5.10 Å². The second kappa shape index (κ2) is 4.45. The molecule has 94 valence electrons. The van der Waals surface area contributed by atoms with Crippen molar-refractivity contribution in [1.82, 2.24) is 20.5 Å². The smallest absolute Gasteiger partial charge is 0.181 e. The lowest BCUT2D eigenvalue weighted by Gasteiger charge is -1.97. The van der Waals surface area contributed by atoms with E-state index in [0.29, 0.717) is 29.8 Å². The minimum atomic E-state index is -0.894. The summed E-state index contributed by atoms with van der Waals surface area (Å²) in [6.45, 7) is 0.612. The molecule has 0 saturated heterocycles. The molecule has 18 heavy (non-hydrogen) atoms. The van der Waals surface area contributed by atoms with Crippen molar-refractivity contribution >= 4 is 0 Å². The summed E-state index contributed by atoms with van der Waals surface area (Å²) in [6.07, 6.45) is 2.40. The van der Waals surface area contributed by atoms with Gasteiger partial charge < -0.3 is 5.32 Å². The number of hydrogen-bond donors (Lipinski definition) is 2. The molecular weight excluding hydrogens is 238 g/mol. The first kappa shape index (κ1) is 11.3. The van der Waals surface area contributed by atoms with Gasteiger partial charge in [-0.3, -0.25) is 5.10 Å². The van der Waals surface area contributed by atoms with Crippen molar-refractivity contribution in [2.75, 3.05) is 0 Å². The van der Waals surface area contributed by atoms with Gasteiger partial charge in [0.2, 0.25) is 0 Å². The molecule has 0 unspecified atom stereocenters. The standard InChI is InChI=1S/C12H12F2N4/c13-9-4-1-7(5-10(9)14)12-16-11(17-18-12)6-15-8-2-3-8/h1,4-5,8,15H,2-3,6H2,(H,16,17,18). The van der Waals surface area contributed by atoms with E-state index in [1.54, 1.807) is 0 Å². The summed E-state index contributed by atoms with van der Waals surface area (Å²) >= 11 is 0. The fourth-order valence-corrected chi connectivity index (χ4v) is 1.67. The summed E-state index contributed by atoms with van der Waals surface area (Å²) in [5, 5.41) is 10.1. The van der Waals surface area contributed by atoms with Gasteiger partial charge in [0.25, 0.3) is 0 Å². The zero-order valence-electron chi connectivity index (χ0n) is 9.58. The van der Waals surface area contributed by atoms with Gasteiger partial charge in [0.15, 0.2) is 17.5 Å². The second-order valence-corrected chi connectivity index (χ2v) is 4.39. The van der Waals surface area contributed by atoms with E-state index < -0.39 is 11.6 Å². The Labute approximate surface area is 102 Å². The fraction of sp³-hybridized carbons (Fsp3) is 0.333. The van der Waals surface area contributed by atoms with E-state index in [2.05, 4.69) is 20.5 Å². The predicted molar refractivity (Wildman–Crippen MR) is 61.6 cm³/mol. The Morgan fingerprint density at radius 1 is 1.28 bits per heavy atom. The highest BCUT2D eigenvalue weighted by Gasteiger charge is 2.20. The second-order valence-electron chi connectivity index (χ2n) is 4.39. The molecule has 1 heterocycles. The van der Waals surface area contributed by atoms with Gasteiger partial charge in [0.1, 0.15) is 5.82 Å². The highest BCUT2D eigenvalue weighted by Crippen LogP contribution is 2.20. The van der Waals surface area contributed by atoms with Crippen LogP contribution in [-0.2, 0) is 6.54 Å². The number of nitrogens with one attached hydrogen (secondary N) is 2. The number of benzene rings is 1. The van der Waals surface area contributed by atoms with E-state index in [0.717, 1.165) is 12.1 Å². The molecule has 6 heteroatoms. The van der Waals surface area contributed by atoms with Crippen molar-refractivity contribution in [1.29, 1.82) is 0 Å². The molecule has 0 bridgehead atoms. The number of rotatable bonds is 4. The highest BCUT2D eigenvalue weighted by atomic mass is 19.2. The van der Waals surface area contributed by atoms with Gasteiger partial charge in [-0.15, -0.1) is 0 Å². The topological polar surface area (TPSA) is 53.6 Å². The molecule has 2 N–H and O–H groups in total. The Morgan fingerprint density at radius 3 is 2.83 bits per heavy atom. The van der Waals surface area contributed by atoms with Gasteiger partial charge in [-0.1, -0.05) is 0 Å². The van der Waals surface area contributed by atoms with Crippen LogP contribution >= 0.6 is 0 Å². The lowest BCUT2D eigenvalue weighted by Crippen LogP contribution is -2.16. The lowest BCUT2D eigenvalue weighted by atomic mass is 10.2. The third kappa shape index (κ3) is 2.38. The summed E-state index contributed by atoms with van der Waals surface area (Å²) in [7, 11) is 0. The van der Waals surface area contributed by atoms with Crippen molar-refractivity contribution in [3.63, 3.8) is 0 Å². The van der Waals surface area contributed by atoms with Crippen molar-refractivity contribution < 1.29 is 8.78 Å². The molecule has 0 amide bonds. The van der Waals surface area contributed by atoms with Crippen LogP contribution in [0, 0.1) is 11.6 Å². The van der Waals surface area contributed by atoms with Crippen LogP contribution in [0.2, 0.25) is 0 Å². The molecule has 0 aliphatic heterocycles. The molecular formula is C12H12F2N4. The Bertz CT molecular complexity index is 563. The maximum Gasteiger partial charge on any atom is 0.181 e. The van der Waals surface area contributed by atoms with Gasteiger partial charge in [-0.05, 0) is 31.0 Å². The first-order valence-corrected chi connectivity index (χ1v) is 5.82. The average molecular weight is 250 g/mol. The van der Waals surface area contributed by atoms with Gasteiger partial charge in [0.05, 0.1) is 6.54 Å². The molecule has 3 rings (SSSR count). The monoisotopic (exact) mass is 250 g/mol. The number of halogens is 2. The van der Waals surface area contributed by atoms with Crippen LogP contribution in [0.1, 0.15) is 18.7 Å². The number of aromatic nitrogens is 3. The summed E-state index contributed by atoms with van der Waals surface area (Å²) in [4.78, 5) is 4.23. The quantitative estimate of drug-likeness (QED) is 0.872. The maximum absolute atomic E-state index is 13.1. The first-order valence-electron chi connectivity index (χ1n) is 5.82. The summed E-state index contributed by atoms with van der Waals surface area (Å²) in [6, 6.07) is 4.21. The third-order valence-electron chi connectivity index (χ3n) is 2.85. The van der Waals surface area contributed by atoms with Crippen molar-refractivity contribution in [3.05, 3.63) is 35.7 Å².